The summed E-state index contributed by atoms with van der Waals surface area (Å²) in [5.41, 5.74) is -2.43. The van der Waals surface area contributed by atoms with Gasteiger partial charge in [0.1, 0.15) is 0 Å². The number of rotatable bonds is 6. The smallest absolute Gasteiger partial charge is 0.325 e. The highest BCUT2D eigenvalue weighted by Gasteiger charge is 2.40. The number of sulfonamides is 1. The van der Waals surface area contributed by atoms with E-state index in [-0.39, 0.29) is 13.0 Å². The zero-order chi connectivity index (χ0) is 15.7. The molecule has 0 unspecified atom stereocenters. The summed E-state index contributed by atoms with van der Waals surface area (Å²) in [6.45, 7) is -0.0554. The predicted octanol–water partition coefficient (Wildman–Crippen LogP) is -1.01. The highest BCUT2D eigenvalue weighted by molar-refractivity contribution is 7.89. The quantitative estimate of drug-likeness (QED) is 0.528. The first-order chi connectivity index (χ1) is 9.74. The van der Waals surface area contributed by atoms with E-state index in [4.69, 9.17) is 5.11 Å². The molecular weight excluding hydrogens is 302 g/mol. The molecule has 0 atom stereocenters. The van der Waals surface area contributed by atoms with Crippen molar-refractivity contribution in [2.24, 2.45) is 5.41 Å². The van der Waals surface area contributed by atoms with Crippen molar-refractivity contribution < 1.29 is 18.3 Å². The molecule has 0 amide bonds. The van der Waals surface area contributed by atoms with Crippen molar-refractivity contribution in [1.82, 2.24) is 14.7 Å². The van der Waals surface area contributed by atoms with Crippen LogP contribution in [0.4, 0.5) is 0 Å². The average Bonchev–Trinajstić information content (AvgIpc) is 2.31. The van der Waals surface area contributed by atoms with Crippen LogP contribution in [-0.2, 0) is 14.8 Å². The van der Waals surface area contributed by atoms with Crippen molar-refractivity contribution in [3.8, 4) is 0 Å². The van der Waals surface area contributed by atoms with E-state index < -0.39 is 37.6 Å². The topological polar surface area (TPSA) is 149 Å². The monoisotopic (exact) mass is 317 g/mol. The first-order valence-electron chi connectivity index (χ1n) is 6.28. The Hall–Kier alpha value is -1.94. The summed E-state index contributed by atoms with van der Waals surface area (Å²) in [6, 6.07) is 0. The minimum Gasteiger partial charge on any atom is -0.481 e. The van der Waals surface area contributed by atoms with Crippen LogP contribution in [0.3, 0.4) is 0 Å². The largest absolute Gasteiger partial charge is 0.481 e. The van der Waals surface area contributed by atoms with Gasteiger partial charge in [0.15, 0.2) is 4.90 Å². The third-order valence-electron chi connectivity index (χ3n) is 3.65. The molecule has 116 valence electrons. The van der Waals surface area contributed by atoms with Gasteiger partial charge in [0.2, 0.25) is 10.0 Å². The van der Waals surface area contributed by atoms with E-state index in [1.165, 1.54) is 0 Å². The molecule has 1 aromatic rings. The van der Waals surface area contributed by atoms with E-state index in [1.807, 2.05) is 4.98 Å². The average molecular weight is 317 g/mol. The molecule has 1 saturated carbocycles. The lowest BCUT2D eigenvalue weighted by Crippen LogP contribution is -2.44. The Morgan fingerprint density at radius 3 is 2.52 bits per heavy atom. The zero-order valence-corrected chi connectivity index (χ0v) is 11.8. The highest BCUT2D eigenvalue weighted by Crippen LogP contribution is 2.43. The van der Waals surface area contributed by atoms with Crippen molar-refractivity contribution in [2.75, 3.05) is 6.54 Å². The van der Waals surface area contributed by atoms with Gasteiger partial charge in [0, 0.05) is 12.7 Å². The van der Waals surface area contributed by atoms with E-state index in [0.717, 1.165) is 12.6 Å². The molecule has 1 fully saturated rings. The molecule has 0 bridgehead atoms. The molecule has 1 aromatic heterocycles. The minimum atomic E-state index is -4.11. The maximum Gasteiger partial charge on any atom is 0.325 e. The Labute approximate surface area is 119 Å². The second kappa shape index (κ2) is 5.45. The van der Waals surface area contributed by atoms with Crippen molar-refractivity contribution in [3.63, 3.8) is 0 Å². The van der Waals surface area contributed by atoms with E-state index in [2.05, 4.69) is 9.71 Å². The third-order valence-corrected chi connectivity index (χ3v) is 5.06. The molecule has 1 aliphatic carbocycles. The predicted molar refractivity (Wildman–Crippen MR) is 71.4 cm³/mol. The normalized spacial score (nSPS) is 17.1. The van der Waals surface area contributed by atoms with Crippen molar-refractivity contribution >= 4 is 16.0 Å². The zero-order valence-electron chi connectivity index (χ0n) is 11.0. The molecule has 0 radical (unpaired) electrons. The van der Waals surface area contributed by atoms with Crippen LogP contribution in [0.2, 0.25) is 0 Å². The number of hydrogen-bond donors (Lipinski definition) is 4. The Morgan fingerprint density at radius 2 is 2.05 bits per heavy atom. The van der Waals surface area contributed by atoms with Gasteiger partial charge in [-0.1, -0.05) is 6.42 Å². The molecule has 0 spiro atoms. The van der Waals surface area contributed by atoms with Gasteiger partial charge in [-0.05, 0) is 18.3 Å². The highest BCUT2D eigenvalue weighted by atomic mass is 32.2. The fourth-order valence-electron chi connectivity index (χ4n) is 2.34. The van der Waals surface area contributed by atoms with Crippen LogP contribution in [0.1, 0.15) is 25.7 Å². The van der Waals surface area contributed by atoms with Crippen molar-refractivity contribution in [1.29, 1.82) is 0 Å². The summed E-state index contributed by atoms with van der Waals surface area (Å²) < 4.78 is 26.3. The number of aromatic nitrogens is 2. The van der Waals surface area contributed by atoms with Crippen molar-refractivity contribution in [3.05, 3.63) is 27.0 Å². The second-order valence-electron chi connectivity index (χ2n) is 5.18. The van der Waals surface area contributed by atoms with Gasteiger partial charge >= 0.3 is 11.7 Å². The Balaban J connectivity index is 2.16. The van der Waals surface area contributed by atoms with Crippen LogP contribution in [0.15, 0.2) is 20.7 Å². The van der Waals surface area contributed by atoms with Crippen LogP contribution < -0.4 is 16.0 Å². The summed E-state index contributed by atoms with van der Waals surface area (Å²) >= 11 is 0. The second-order valence-corrected chi connectivity index (χ2v) is 6.92. The summed E-state index contributed by atoms with van der Waals surface area (Å²) in [4.78, 5) is 36.5. The number of carboxylic acid groups (broad SMARTS) is 1. The lowest BCUT2D eigenvalue weighted by atomic mass is 9.67. The summed E-state index contributed by atoms with van der Waals surface area (Å²) in [7, 11) is -4.11. The van der Waals surface area contributed by atoms with E-state index in [1.54, 1.807) is 0 Å². The number of hydrogen-bond acceptors (Lipinski definition) is 5. The van der Waals surface area contributed by atoms with E-state index in [0.29, 0.717) is 12.8 Å². The first-order valence-corrected chi connectivity index (χ1v) is 7.76. The number of carbonyl (C=O) groups is 1. The van der Waals surface area contributed by atoms with Crippen LogP contribution in [0.25, 0.3) is 0 Å². The van der Waals surface area contributed by atoms with Gasteiger partial charge in [0.25, 0.3) is 5.56 Å². The number of H-pyrrole nitrogens is 2. The summed E-state index contributed by atoms with van der Waals surface area (Å²) in [6.07, 6.45) is 2.76. The van der Waals surface area contributed by atoms with Gasteiger partial charge in [0.05, 0.1) is 6.42 Å². The van der Waals surface area contributed by atoms with Crippen LogP contribution >= 0.6 is 0 Å². The Kier molecular flexibility index (Phi) is 4.01. The molecule has 0 aromatic carbocycles. The molecule has 9 nitrogen and oxygen atoms in total. The van der Waals surface area contributed by atoms with Crippen LogP contribution in [-0.4, -0.2) is 36.0 Å². The maximum absolute atomic E-state index is 12.0. The Bertz CT molecular complexity index is 759. The first kappa shape index (κ1) is 15.4. The number of aromatic amines is 2. The van der Waals surface area contributed by atoms with E-state index in [9.17, 15) is 22.8 Å². The van der Waals surface area contributed by atoms with Gasteiger partial charge in [-0.25, -0.2) is 17.9 Å². The van der Waals surface area contributed by atoms with E-state index >= 15 is 0 Å². The molecular formula is C11H15N3O6S. The summed E-state index contributed by atoms with van der Waals surface area (Å²) in [5, 5.41) is 8.86. The van der Waals surface area contributed by atoms with Gasteiger partial charge in [-0.15, -0.1) is 0 Å². The van der Waals surface area contributed by atoms with Gasteiger partial charge in [-0.3, -0.25) is 14.6 Å². The minimum absolute atomic E-state index is 0.0554. The number of carboxylic acids is 1. The molecule has 21 heavy (non-hydrogen) atoms. The standard InChI is InChI=1S/C11H15N3O6S/c15-8(16)4-11(2-1-3-11)6-13-21(19,20)7-5-12-10(18)14-9(7)17/h5,13H,1-4,6H2,(H,15,16)(H2,12,14,17,18). The lowest BCUT2D eigenvalue weighted by Gasteiger charge is -2.40. The molecule has 4 N–H and O–H groups in total. The number of nitrogens with one attached hydrogen (secondary N) is 3. The number of aliphatic carboxylic acids is 1. The van der Waals surface area contributed by atoms with Crippen LogP contribution in [0, 0.1) is 5.41 Å². The molecule has 0 saturated heterocycles. The molecule has 2 rings (SSSR count). The molecule has 1 heterocycles. The fourth-order valence-corrected chi connectivity index (χ4v) is 3.50. The van der Waals surface area contributed by atoms with Crippen molar-refractivity contribution in [2.45, 2.75) is 30.6 Å². The SMILES string of the molecule is O=C(O)CC1(CNS(=O)(=O)c2c[nH]c(=O)[nH]c2=O)CCC1. The third kappa shape index (κ3) is 3.39. The molecule has 1 aliphatic rings. The maximum atomic E-state index is 12.0. The lowest BCUT2D eigenvalue weighted by molar-refractivity contribution is -0.141. The van der Waals surface area contributed by atoms with Crippen LogP contribution in [0.5, 0.6) is 0 Å². The van der Waals surface area contributed by atoms with Gasteiger partial charge < -0.3 is 10.1 Å². The Morgan fingerprint density at radius 1 is 1.38 bits per heavy atom. The molecule has 10 heteroatoms. The fraction of sp³-hybridized carbons (Fsp3) is 0.545. The molecule has 0 aliphatic heterocycles. The van der Waals surface area contributed by atoms with Gasteiger partial charge in [-0.2, -0.15) is 0 Å². The summed E-state index contributed by atoms with van der Waals surface area (Å²) in [5.74, 6) is -0.990.